The van der Waals surface area contributed by atoms with Gasteiger partial charge in [0.25, 0.3) is 0 Å². The van der Waals surface area contributed by atoms with Gasteiger partial charge in [-0.25, -0.2) is 0 Å². The molecule has 0 bridgehead atoms. The molecule has 0 spiro atoms. The van der Waals surface area contributed by atoms with Gasteiger partial charge in [0, 0.05) is 11.3 Å². The summed E-state index contributed by atoms with van der Waals surface area (Å²) in [5.74, 6) is 0.740. The lowest BCUT2D eigenvalue weighted by Crippen LogP contribution is -2.29. The summed E-state index contributed by atoms with van der Waals surface area (Å²) in [7, 11) is 0. The molecular weight excluding hydrogens is 180 g/mol. The van der Waals surface area contributed by atoms with Crippen molar-refractivity contribution < 1.29 is 0 Å². The lowest BCUT2D eigenvalue weighted by Gasteiger charge is -2.34. The molecule has 1 aliphatic carbocycles. The van der Waals surface area contributed by atoms with E-state index < -0.39 is 0 Å². The standard InChI is InChI=1S/C12H15Cl/c1-12(9-13)8-4-6-10-5-2-3-7-11(10)12/h2-3,5,7H,4,6,8-9H2,1H3. The molecule has 0 nitrogen and oxygen atoms in total. The van der Waals surface area contributed by atoms with Gasteiger partial charge in [-0.3, -0.25) is 0 Å². The Morgan fingerprint density at radius 2 is 2.15 bits per heavy atom. The van der Waals surface area contributed by atoms with Crippen LogP contribution in [0.5, 0.6) is 0 Å². The number of rotatable bonds is 1. The predicted octanol–water partition coefficient (Wildman–Crippen LogP) is 3.52. The van der Waals surface area contributed by atoms with Crippen LogP contribution >= 0.6 is 11.6 Å². The van der Waals surface area contributed by atoms with Gasteiger partial charge in [-0.15, -0.1) is 11.6 Å². The zero-order chi connectivity index (χ0) is 9.31. The molecule has 0 aromatic heterocycles. The minimum Gasteiger partial charge on any atom is -0.126 e. The maximum absolute atomic E-state index is 6.05. The molecule has 1 unspecified atom stereocenters. The van der Waals surface area contributed by atoms with Crippen molar-refractivity contribution in [2.45, 2.75) is 31.6 Å². The summed E-state index contributed by atoms with van der Waals surface area (Å²) in [6.07, 6.45) is 3.73. The largest absolute Gasteiger partial charge is 0.126 e. The molecule has 1 aromatic carbocycles. The van der Waals surface area contributed by atoms with Crippen LogP contribution in [-0.2, 0) is 11.8 Å². The maximum Gasteiger partial charge on any atom is 0.0317 e. The minimum atomic E-state index is 0.219. The Morgan fingerprint density at radius 3 is 2.92 bits per heavy atom. The summed E-state index contributed by atoms with van der Waals surface area (Å²) in [6, 6.07) is 8.71. The number of aryl methyl sites for hydroxylation is 1. The molecule has 0 aliphatic heterocycles. The third-order valence-corrected chi connectivity index (χ3v) is 3.73. The van der Waals surface area contributed by atoms with Crippen LogP contribution in [-0.4, -0.2) is 5.88 Å². The summed E-state index contributed by atoms with van der Waals surface area (Å²) < 4.78 is 0. The Bertz CT molecular complexity index is 306. The summed E-state index contributed by atoms with van der Waals surface area (Å²) in [6.45, 7) is 2.28. The van der Waals surface area contributed by atoms with Crippen LogP contribution < -0.4 is 0 Å². The zero-order valence-corrected chi connectivity index (χ0v) is 8.77. The Labute approximate surface area is 84.9 Å². The third kappa shape index (κ3) is 1.48. The van der Waals surface area contributed by atoms with Gasteiger partial charge in [-0.2, -0.15) is 0 Å². The normalized spacial score (nSPS) is 26.9. The second-order valence-electron chi connectivity index (χ2n) is 4.20. The fraction of sp³-hybridized carbons (Fsp3) is 0.500. The van der Waals surface area contributed by atoms with Gasteiger partial charge in [0.2, 0.25) is 0 Å². The van der Waals surface area contributed by atoms with E-state index in [2.05, 4.69) is 31.2 Å². The first-order chi connectivity index (χ1) is 6.26. The van der Waals surface area contributed by atoms with Crippen LogP contribution in [0, 0.1) is 0 Å². The third-order valence-electron chi connectivity index (χ3n) is 3.14. The van der Waals surface area contributed by atoms with Gasteiger partial charge in [-0.1, -0.05) is 31.2 Å². The molecule has 0 saturated heterocycles. The monoisotopic (exact) mass is 194 g/mol. The van der Waals surface area contributed by atoms with Crippen molar-refractivity contribution in [1.82, 2.24) is 0 Å². The van der Waals surface area contributed by atoms with Crippen LogP contribution in [0.3, 0.4) is 0 Å². The van der Waals surface area contributed by atoms with Crippen molar-refractivity contribution in [3.63, 3.8) is 0 Å². The molecule has 13 heavy (non-hydrogen) atoms. The fourth-order valence-electron chi connectivity index (χ4n) is 2.27. The van der Waals surface area contributed by atoms with E-state index in [4.69, 9.17) is 11.6 Å². The molecule has 1 aliphatic rings. The SMILES string of the molecule is CC1(CCl)CCCc2ccccc21. The molecule has 70 valence electrons. The highest BCUT2D eigenvalue weighted by molar-refractivity contribution is 6.18. The van der Waals surface area contributed by atoms with Crippen molar-refractivity contribution >= 4 is 11.6 Å². The van der Waals surface area contributed by atoms with E-state index in [1.165, 1.54) is 30.4 Å². The van der Waals surface area contributed by atoms with Crippen LogP contribution in [0.1, 0.15) is 30.9 Å². The number of hydrogen-bond donors (Lipinski definition) is 0. The van der Waals surface area contributed by atoms with Crippen molar-refractivity contribution in [2.24, 2.45) is 0 Å². The minimum absolute atomic E-state index is 0.219. The Hall–Kier alpha value is -0.490. The first-order valence-electron chi connectivity index (χ1n) is 4.91. The van der Waals surface area contributed by atoms with Crippen LogP contribution in [0.4, 0.5) is 0 Å². The molecule has 0 radical (unpaired) electrons. The average Bonchev–Trinajstić information content (AvgIpc) is 2.19. The molecule has 0 saturated carbocycles. The first kappa shape index (κ1) is 9.08. The number of halogens is 1. The molecule has 0 amide bonds. The molecule has 1 atom stereocenters. The summed E-state index contributed by atoms with van der Waals surface area (Å²) >= 11 is 6.05. The van der Waals surface area contributed by atoms with Crippen molar-refractivity contribution in [2.75, 3.05) is 5.88 Å². The highest BCUT2D eigenvalue weighted by Crippen LogP contribution is 2.37. The van der Waals surface area contributed by atoms with Crippen LogP contribution in [0.25, 0.3) is 0 Å². The average molecular weight is 195 g/mol. The second kappa shape index (κ2) is 3.34. The van der Waals surface area contributed by atoms with Crippen LogP contribution in [0.2, 0.25) is 0 Å². The van der Waals surface area contributed by atoms with Gasteiger partial charge in [0.1, 0.15) is 0 Å². The molecular formula is C12H15Cl. The van der Waals surface area contributed by atoms with E-state index in [9.17, 15) is 0 Å². The Kier molecular flexibility index (Phi) is 2.33. The van der Waals surface area contributed by atoms with Crippen molar-refractivity contribution in [1.29, 1.82) is 0 Å². The number of hydrogen-bond acceptors (Lipinski definition) is 0. The predicted molar refractivity (Wildman–Crippen MR) is 57.5 cm³/mol. The molecule has 0 heterocycles. The summed E-state index contributed by atoms with van der Waals surface area (Å²) in [5.41, 5.74) is 3.18. The number of alkyl halides is 1. The van der Waals surface area contributed by atoms with E-state index in [0.717, 1.165) is 5.88 Å². The maximum atomic E-state index is 6.05. The van der Waals surface area contributed by atoms with E-state index in [0.29, 0.717) is 0 Å². The van der Waals surface area contributed by atoms with Gasteiger partial charge in [0.05, 0.1) is 0 Å². The summed E-state index contributed by atoms with van der Waals surface area (Å²) in [4.78, 5) is 0. The Morgan fingerprint density at radius 1 is 1.38 bits per heavy atom. The number of fused-ring (bicyclic) bond motifs is 1. The van der Waals surface area contributed by atoms with Gasteiger partial charge in [0.15, 0.2) is 0 Å². The van der Waals surface area contributed by atoms with Crippen LogP contribution in [0.15, 0.2) is 24.3 Å². The van der Waals surface area contributed by atoms with E-state index >= 15 is 0 Å². The van der Waals surface area contributed by atoms with Crippen molar-refractivity contribution in [3.05, 3.63) is 35.4 Å². The first-order valence-corrected chi connectivity index (χ1v) is 5.44. The van der Waals surface area contributed by atoms with Gasteiger partial charge < -0.3 is 0 Å². The summed E-state index contributed by atoms with van der Waals surface area (Å²) in [5, 5.41) is 0. The second-order valence-corrected chi connectivity index (χ2v) is 4.47. The molecule has 0 N–H and O–H groups in total. The molecule has 1 heteroatoms. The van der Waals surface area contributed by atoms with Crippen molar-refractivity contribution in [3.8, 4) is 0 Å². The molecule has 1 aromatic rings. The van der Waals surface area contributed by atoms with Gasteiger partial charge >= 0.3 is 0 Å². The topological polar surface area (TPSA) is 0 Å². The lowest BCUT2D eigenvalue weighted by molar-refractivity contribution is 0.437. The zero-order valence-electron chi connectivity index (χ0n) is 8.02. The quantitative estimate of drug-likeness (QED) is 0.601. The van der Waals surface area contributed by atoms with E-state index in [-0.39, 0.29) is 5.41 Å². The highest BCUT2D eigenvalue weighted by Gasteiger charge is 2.30. The molecule has 0 fully saturated rings. The van der Waals surface area contributed by atoms with Gasteiger partial charge in [-0.05, 0) is 30.4 Å². The highest BCUT2D eigenvalue weighted by atomic mass is 35.5. The van der Waals surface area contributed by atoms with E-state index in [1.54, 1.807) is 0 Å². The Balaban J connectivity index is 2.48. The number of benzene rings is 1. The fourth-order valence-corrected chi connectivity index (χ4v) is 2.55. The molecule has 2 rings (SSSR count). The van der Waals surface area contributed by atoms with E-state index in [1.807, 2.05) is 0 Å². The smallest absolute Gasteiger partial charge is 0.0317 e. The lowest BCUT2D eigenvalue weighted by atomic mass is 9.73.